The maximum absolute atomic E-state index is 11.9. The minimum atomic E-state index is -0.817. The van der Waals surface area contributed by atoms with Crippen LogP contribution in [-0.2, 0) is 4.84 Å². The highest BCUT2D eigenvalue weighted by molar-refractivity contribution is 5.98. The molecule has 0 aliphatic rings. The SMILES string of the molecule is Cc1ccc(/C(N)=N\OC(=O)c2ccc(C)c([N+](=O)[O-])c2)cc1. The molecule has 0 spiro atoms. The number of benzene rings is 2. The molecule has 0 saturated heterocycles. The Kier molecular flexibility index (Phi) is 4.70. The second kappa shape index (κ2) is 6.69. The number of carbonyl (C=O) groups is 1. The summed E-state index contributed by atoms with van der Waals surface area (Å²) in [6.45, 7) is 3.52. The number of rotatable bonds is 4. The van der Waals surface area contributed by atoms with Crippen LogP contribution in [-0.4, -0.2) is 16.7 Å². The topological polar surface area (TPSA) is 108 Å². The molecular weight excluding hydrogens is 298 g/mol. The fourth-order valence-electron chi connectivity index (χ4n) is 1.85. The number of nitrogens with zero attached hydrogens (tertiary/aromatic N) is 2. The molecule has 23 heavy (non-hydrogen) atoms. The lowest BCUT2D eigenvalue weighted by atomic mass is 10.1. The van der Waals surface area contributed by atoms with Crippen LogP contribution in [0.15, 0.2) is 47.6 Å². The highest BCUT2D eigenvalue weighted by Crippen LogP contribution is 2.19. The molecule has 0 aromatic heterocycles. The largest absolute Gasteiger partial charge is 0.380 e. The number of nitro benzene ring substituents is 1. The Labute approximate surface area is 132 Å². The third kappa shape index (κ3) is 3.91. The molecule has 0 fully saturated rings. The zero-order valence-corrected chi connectivity index (χ0v) is 12.6. The predicted molar refractivity (Wildman–Crippen MR) is 85.2 cm³/mol. The summed E-state index contributed by atoms with van der Waals surface area (Å²) >= 11 is 0. The Balaban J connectivity index is 2.16. The smallest absolute Gasteiger partial charge is 0.366 e. The van der Waals surface area contributed by atoms with E-state index in [1.54, 1.807) is 19.1 Å². The summed E-state index contributed by atoms with van der Waals surface area (Å²) in [5, 5.41) is 14.5. The molecule has 0 atom stereocenters. The molecule has 2 rings (SSSR count). The van der Waals surface area contributed by atoms with Crippen LogP contribution in [0.5, 0.6) is 0 Å². The number of nitro groups is 1. The quantitative estimate of drug-likeness (QED) is 0.307. The lowest BCUT2D eigenvalue weighted by molar-refractivity contribution is -0.385. The van der Waals surface area contributed by atoms with Crippen molar-refractivity contribution in [1.82, 2.24) is 0 Å². The summed E-state index contributed by atoms with van der Waals surface area (Å²) in [7, 11) is 0. The molecule has 0 radical (unpaired) electrons. The summed E-state index contributed by atoms with van der Waals surface area (Å²) < 4.78 is 0. The Morgan fingerprint density at radius 1 is 1.13 bits per heavy atom. The van der Waals surface area contributed by atoms with E-state index in [1.165, 1.54) is 12.1 Å². The predicted octanol–water partition coefficient (Wildman–Crippen LogP) is 2.69. The molecule has 0 saturated carbocycles. The van der Waals surface area contributed by atoms with Crippen LogP contribution in [0.25, 0.3) is 0 Å². The van der Waals surface area contributed by atoms with Gasteiger partial charge in [0.2, 0.25) is 0 Å². The average molecular weight is 313 g/mol. The van der Waals surface area contributed by atoms with Gasteiger partial charge in [-0.15, -0.1) is 0 Å². The average Bonchev–Trinajstić information content (AvgIpc) is 2.53. The number of hydrogen-bond acceptors (Lipinski definition) is 5. The number of aryl methyl sites for hydroxylation is 2. The number of nitrogens with two attached hydrogens (primary N) is 1. The second-order valence-electron chi connectivity index (χ2n) is 4.98. The van der Waals surface area contributed by atoms with Crippen molar-refractivity contribution in [1.29, 1.82) is 0 Å². The second-order valence-corrected chi connectivity index (χ2v) is 4.98. The first-order valence-corrected chi connectivity index (χ1v) is 6.75. The summed E-state index contributed by atoms with van der Waals surface area (Å²) in [4.78, 5) is 27.0. The van der Waals surface area contributed by atoms with E-state index in [4.69, 9.17) is 10.6 Å². The van der Waals surface area contributed by atoms with E-state index >= 15 is 0 Å². The van der Waals surface area contributed by atoms with Crippen LogP contribution in [0, 0.1) is 24.0 Å². The van der Waals surface area contributed by atoms with Gasteiger partial charge in [0.15, 0.2) is 5.84 Å². The summed E-state index contributed by atoms with van der Waals surface area (Å²) in [6.07, 6.45) is 0. The van der Waals surface area contributed by atoms with Crippen LogP contribution < -0.4 is 5.73 Å². The number of hydrogen-bond donors (Lipinski definition) is 1. The molecule has 0 bridgehead atoms. The fraction of sp³-hybridized carbons (Fsp3) is 0.125. The van der Waals surface area contributed by atoms with Gasteiger partial charge in [-0.25, -0.2) is 4.79 Å². The minimum absolute atomic E-state index is 0.0303. The minimum Gasteiger partial charge on any atom is -0.380 e. The first kappa shape index (κ1) is 16.2. The zero-order chi connectivity index (χ0) is 17.0. The van der Waals surface area contributed by atoms with Crippen molar-refractivity contribution in [3.8, 4) is 0 Å². The van der Waals surface area contributed by atoms with Crippen LogP contribution in [0.1, 0.15) is 27.0 Å². The van der Waals surface area contributed by atoms with Gasteiger partial charge in [-0.2, -0.15) is 0 Å². The van der Waals surface area contributed by atoms with Gasteiger partial charge in [0.25, 0.3) is 5.69 Å². The Bertz CT molecular complexity index is 782. The standard InChI is InChI=1S/C16H15N3O4/c1-10-3-6-12(7-4-10)15(17)18-23-16(20)13-8-5-11(2)14(9-13)19(21)22/h3-9H,1-2H3,(H2,17,18). The molecule has 2 aromatic carbocycles. The third-order valence-electron chi connectivity index (χ3n) is 3.22. The Morgan fingerprint density at radius 2 is 1.74 bits per heavy atom. The molecule has 2 aromatic rings. The molecule has 0 heterocycles. The van der Waals surface area contributed by atoms with Gasteiger partial charge in [0, 0.05) is 17.2 Å². The zero-order valence-electron chi connectivity index (χ0n) is 12.6. The summed E-state index contributed by atoms with van der Waals surface area (Å²) in [6, 6.07) is 11.3. The van der Waals surface area contributed by atoms with Crippen molar-refractivity contribution in [2.24, 2.45) is 10.9 Å². The van der Waals surface area contributed by atoms with E-state index in [1.807, 2.05) is 19.1 Å². The number of amidine groups is 1. The normalized spacial score (nSPS) is 11.1. The van der Waals surface area contributed by atoms with Gasteiger partial charge in [-0.1, -0.05) is 41.1 Å². The van der Waals surface area contributed by atoms with Crippen molar-refractivity contribution < 1.29 is 14.6 Å². The van der Waals surface area contributed by atoms with E-state index in [-0.39, 0.29) is 17.1 Å². The molecule has 2 N–H and O–H groups in total. The first-order chi connectivity index (χ1) is 10.9. The molecule has 0 unspecified atom stereocenters. The van der Waals surface area contributed by atoms with E-state index in [0.29, 0.717) is 11.1 Å². The van der Waals surface area contributed by atoms with Crippen molar-refractivity contribution in [2.75, 3.05) is 0 Å². The van der Waals surface area contributed by atoms with Crippen molar-refractivity contribution in [3.05, 3.63) is 74.8 Å². The van der Waals surface area contributed by atoms with Crippen LogP contribution in [0.3, 0.4) is 0 Å². The van der Waals surface area contributed by atoms with E-state index in [2.05, 4.69) is 5.16 Å². The molecular formula is C16H15N3O4. The van der Waals surface area contributed by atoms with Crippen LogP contribution in [0.2, 0.25) is 0 Å². The Morgan fingerprint density at radius 3 is 2.35 bits per heavy atom. The van der Waals surface area contributed by atoms with Crippen molar-refractivity contribution in [2.45, 2.75) is 13.8 Å². The maximum atomic E-state index is 11.9. The third-order valence-corrected chi connectivity index (χ3v) is 3.22. The maximum Gasteiger partial charge on any atom is 0.366 e. The van der Waals surface area contributed by atoms with Gasteiger partial charge >= 0.3 is 5.97 Å². The van der Waals surface area contributed by atoms with E-state index in [0.717, 1.165) is 11.6 Å². The summed E-state index contributed by atoms with van der Waals surface area (Å²) in [5.41, 5.74) is 7.73. The van der Waals surface area contributed by atoms with Gasteiger partial charge < -0.3 is 10.6 Å². The molecule has 7 nitrogen and oxygen atoms in total. The van der Waals surface area contributed by atoms with E-state index < -0.39 is 10.9 Å². The molecule has 0 amide bonds. The van der Waals surface area contributed by atoms with E-state index in [9.17, 15) is 14.9 Å². The monoisotopic (exact) mass is 313 g/mol. The lowest BCUT2D eigenvalue weighted by Gasteiger charge is -2.03. The molecule has 118 valence electrons. The van der Waals surface area contributed by atoms with Gasteiger partial charge in [0.05, 0.1) is 10.5 Å². The van der Waals surface area contributed by atoms with Crippen molar-refractivity contribution >= 4 is 17.5 Å². The highest BCUT2D eigenvalue weighted by Gasteiger charge is 2.16. The highest BCUT2D eigenvalue weighted by atomic mass is 16.7. The van der Waals surface area contributed by atoms with Gasteiger partial charge in [-0.3, -0.25) is 10.1 Å². The first-order valence-electron chi connectivity index (χ1n) is 6.75. The molecule has 0 aliphatic carbocycles. The summed E-state index contributed by atoms with van der Waals surface area (Å²) in [5.74, 6) is -0.775. The lowest BCUT2D eigenvalue weighted by Crippen LogP contribution is -2.15. The van der Waals surface area contributed by atoms with Crippen molar-refractivity contribution in [3.63, 3.8) is 0 Å². The number of oxime groups is 1. The Hall–Kier alpha value is -3.22. The van der Waals surface area contributed by atoms with Crippen LogP contribution in [0.4, 0.5) is 5.69 Å². The fourth-order valence-corrected chi connectivity index (χ4v) is 1.85. The van der Waals surface area contributed by atoms with Gasteiger partial charge in [-0.05, 0) is 19.9 Å². The molecule has 7 heteroatoms. The molecule has 0 aliphatic heterocycles. The van der Waals surface area contributed by atoms with Crippen LogP contribution >= 0.6 is 0 Å². The van der Waals surface area contributed by atoms with Gasteiger partial charge in [0.1, 0.15) is 0 Å². The number of carbonyl (C=O) groups excluding carboxylic acids is 1.